The topological polar surface area (TPSA) is 81.1 Å². The van der Waals surface area contributed by atoms with Crippen molar-refractivity contribution in [2.45, 2.75) is 27.2 Å². The van der Waals surface area contributed by atoms with Crippen molar-refractivity contribution in [3.05, 3.63) is 40.7 Å². The van der Waals surface area contributed by atoms with Gasteiger partial charge in [0.15, 0.2) is 0 Å². The summed E-state index contributed by atoms with van der Waals surface area (Å²) in [7, 11) is 0. The molecule has 3 N–H and O–H groups in total. The fourth-order valence-electron chi connectivity index (χ4n) is 2.33. The number of aromatic carboxylic acids is 1. The summed E-state index contributed by atoms with van der Waals surface area (Å²) in [4.78, 5) is 11.3. The Morgan fingerprint density at radius 2 is 2.11 bits per heavy atom. The highest BCUT2D eigenvalue weighted by Gasteiger charge is 2.17. The predicted octanol–water partition coefficient (Wildman–Crippen LogP) is 2.33. The van der Waals surface area contributed by atoms with Crippen LogP contribution in [0.5, 0.6) is 0 Å². The molecule has 1 heterocycles. The van der Waals surface area contributed by atoms with Gasteiger partial charge in [-0.25, -0.2) is 9.48 Å². The first-order chi connectivity index (χ1) is 8.95. The van der Waals surface area contributed by atoms with Gasteiger partial charge in [-0.15, -0.1) is 0 Å². The van der Waals surface area contributed by atoms with Gasteiger partial charge in [-0.2, -0.15) is 5.10 Å². The normalized spacial score (nSPS) is 10.7. The zero-order valence-corrected chi connectivity index (χ0v) is 11.3. The predicted molar refractivity (Wildman–Crippen MR) is 73.8 cm³/mol. The van der Waals surface area contributed by atoms with Gasteiger partial charge in [-0.1, -0.05) is 6.92 Å². The highest BCUT2D eigenvalue weighted by atomic mass is 16.4. The van der Waals surface area contributed by atoms with E-state index in [1.807, 2.05) is 13.8 Å². The van der Waals surface area contributed by atoms with E-state index in [1.165, 1.54) is 6.07 Å². The van der Waals surface area contributed by atoms with E-state index in [2.05, 4.69) is 12.0 Å². The number of hydrogen-bond acceptors (Lipinski definition) is 3. The van der Waals surface area contributed by atoms with Gasteiger partial charge in [-0.05, 0) is 44.0 Å². The quantitative estimate of drug-likeness (QED) is 0.829. The molecule has 0 aliphatic rings. The lowest BCUT2D eigenvalue weighted by Crippen LogP contribution is -2.09. The molecule has 0 aliphatic heterocycles. The average molecular weight is 259 g/mol. The van der Waals surface area contributed by atoms with Gasteiger partial charge in [0.05, 0.1) is 16.9 Å². The first-order valence-electron chi connectivity index (χ1n) is 6.14. The Hall–Kier alpha value is -2.30. The summed E-state index contributed by atoms with van der Waals surface area (Å²) in [5, 5.41) is 13.7. The largest absolute Gasteiger partial charge is 0.478 e. The number of carboxylic acid groups (broad SMARTS) is 1. The van der Waals surface area contributed by atoms with Crippen LogP contribution in [0.3, 0.4) is 0 Å². The van der Waals surface area contributed by atoms with Gasteiger partial charge in [0.1, 0.15) is 0 Å². The number of rotatable bonds is 3. The molecule has 100 valence electrons. The first kappa shape index (κ1) is 13.1. The third-order valence-electron chi connectivity index (χ3n) is 3.28. The van der Waals surface area contributed by atoms with Crippen LogP contribution in [0.1, 0.15) is 34.2 Å². The zero-order chi connectivity index (χ0) is 14.2. The van der Waals surface area contributed by atoms with Crippen molar-refractivity contribution in [1.82, 2.24) is 9.78 Å². The van der Waals surface area contributed by atoms with Crippen molar-refractivity contribution in [2.24, 2.45) is 0 Å². The number of nitrogens with zero attached hydrogens (tertiary/aromatic N) is 2. The summed E-state index contributed by atoms with van der Waals surface area (Å²) in [6.07, 6.45) is 0.863. The first-order valence-corrected chi connectivity index (χ1v) is 6.14. The number of hydrogen-bond donors (Lipinski definition) is 2. The summed E-state index contributed by atoms with van der Waals surface area (Å²) in [6, 6.07) is 4.73. The summed E-state index contributed by atoms with van der Waals surface area (Å²) < 4.78 is 1.66. The van der Waals surface area contributed by atoms with Gasteiger partial charge in [0, 0.05) is 11.4 Å². The number of nitrogen functional groups attached to an aromatic ring is 1. The Bertz CT molecular complexity index is 644. The third kappa shape index (κ3) is 2.19. The van der Waals surface area contributed by atoms with Crippen LogP contribution >= 0.6 is 0 Å². The van der Waals surface area contributed by atoms with E-state index >= 15 is 0 Å². The molecular weight excluding hydrogens is 242 g/mol. The lowest BCUT2D eigenvalue weighted by Gasteiger charge is -2.09. The van der Waals surface area contributed by atoms with Gasteiger partial charge < -0.3 is 10.8 Å². The Morgan fingerprint density at radius 1 is 1.42 bits per heavy atom. The maximum Gasteiger partial charge on any atom is 0.337 e. The van der Waals surface area contributed by atoms with Crippen molar-refractivity contribution in [3.8, 4) is 5.69 Å². The molecule has 0 fully saturated rings. The van der Waals surface area contributed by atoms with E-state index in [-0.39, 0.29) is 5.56 Å². The summed E-state index contributed by atoms with van der Waals surface area (Å²) in [5.74, 6) is -0.986. The summed E-state index contributed by atoms with van der Waals surface area (Å²) in [5.41, 5.74) is 9.99. The van der Waals surface area contributed by atoms with Crippen LogP contribution in [0.25, 0.3) is 5.69 Å². The number of carbonyl (C=O) groups is 1. The van der Waals surface area contributed by atoms with Gasteiger partial charge in [-0.3, -0.25) is 0 Å². The van der Waals surface area contributed by atoms with Crippen LogP contribution in [0.2, 0.25) is 0 Å². The van der Waals surface area contributed by atoms with Crippen molar-refractivity contribution in [3.63, 3.8) is 0 Å². The van der Waals surface area contributed by atoms with Crippen LogP contribution in [0, 0.1) is 13.8 Å². The molecule has 5 heteroatoms. The van der Waals surface area contributed by atoms with Crippen molar-refractivity contribution >= 4 is 11.7 Å². The highest BCUT2D eigenvalue weighted by Crippen LogP contribution is 2.23. The average Bonchev–Trinajstić information content (AvgIpc) is 2.63. The molecule has 0 radical (unpaired) electrons. The maximum absolute atomic E-state index is 11.3. The van der Waals surface area contributed by atoms with Crippen LogP contribution in [0.15, 0.2) is 18.2 Å². The minimum Gasteiger partial charge on any atom is -0.478 e. The fourth-order valence-corrected chi connectivity index (χ4v) is 2.33. The highest BCUT2D eigenvalue weighted by molar-refractivity contribution is 5.92. The van der Waals surface area contributed by atoms with Crippen LogP contribution in [-0.4, -0.2) is 20.9 Å². The number of carboxylic acids is 1. The second-order valence-corrected chi connectivity index (χ2v) is 4.50. The molecule has 19 heavy (non-hydrogen) atoms. The Kier molecular flexibility index (Phi) is 3.29. The molecule has 0 spiro atoms. The smallest absolute Gasteiger partial charge is 0.337 e. The Labute approximate surface area is 111 Å². The minimum atomic E-state index is -0.986. The second-order valence-electron chi connectivity index (χ2n) is 4.50. The zero-order valence-electron chi connectivity index (χ0n) is 11.3. The monoisotopic (exact) mass is 259 g/mol. The third-order valence-corrected chi connectivity index (χ3v) is 3.28. The maximum atomic E-state index is 11.3. The van der Waals surface area contributed by atoms with E-state index in [4.69, 9.17) is 5.73 Å². The van der Waals surface area contributed by atoms with Gasteiger partial charge in [0.25, 0.3) is 0 Å². The molecule has 1 aromatic heterocycles. The van der Waals surface area contributed by atoms with Crippen molar-refractivity contribution in [1.29, 1.82) is 0 Å². The lowest BCUT2D eigenvalue weighted by atomic mass is 10.1. The van der Waals surface area contributed by atoms with E-state index < -0.39 is 5.97 Å². The molecule has 0 saturated heterocycles. The summed E-state index contributed by atoms with van der Waals surface area (Å²) >= 11 is 0. The second kappa shape index (κ2) is 4.76. The molecule has 0 saturated carbocycles. The number of aryl methyl sites for hydroxylation is 1. The van der Waals surface area contributed by atoms with E-state index in [9.17, 15) is 9.90 Å². The molecule has 0 amide bonds. The lowest BCUT2D eigenvalue weighted by molar-refractivity contribution is 0.0697. The molecule has 0 bridgehead atoms. The minimum absolute atomic E-state index is 0.197. The molecule has 2 rings (SSSR count). The van der Waals surface area contributed by atoms with E-state index in [1.54, 1.807) is 16.8 Å². The Morgan fingerprint density at radius 3 is 2.63 bits per heavy atom. The van der Waals surface area contributed by atoms with Gasteiger partial charge in [0.2, 0.25) is 0 Å². The van der Waals surface area contributed by atoms with Gasteiger partial charge >= 0.3 is 5.97 Å². The van der Waals surface area contributed by atoms with E-state index in [0.717, 1.165) is 23.4 Å². The molecule has 0 unspecified atom stereocenters. The molecule has 0 atom stereocenters. The molecule has 1 aromatic carbocycles. The molecule has 5 nitrogen and oxygen atoms in total. The van der Waals surface area contributed by atoms with Crippen molar-refractivity contribution in [2.75, 3.05) is 5.73 Å². The molecule has 2 aromatic rings. The fraction of sp³-hybridized carbons (Fsp3) is 0.286. The Balaban J connectivity index is 2.71. The van der Waals surface area contributed by atoms with E-state index in [0.29, 0.717) is 11.4 Å². The number of aromatic nitrogens is 2. The van der Waals surface area contributed by atoms with Crippen molar-refractivity contribution < 1.29 is 9.90 Å². The summed E-state index contributed by atoms with van der Waals surface area (Å²) in [6.45, 7) is 5.92. The van der Waals surface area contributed by atoms with Crippen LogP contribution in [0.4, 0.5) is 5.69 Å². The van der Waals surface area contributed by atoms with Crippen LogP contribution < -0.4 is 5.73 Å². The molecular formula is C14H17N3O2. The SMILES string of the molecule is CCc1c(C)nn(-c2cc(N)ccc2C(=O)O)c1C. The molecule has 0 aliphatic carbocycles. The number of anilines is 1. The van der Waals surface area contributed by atoms with Crippen LogP contribution in [-0.2, 0) is 6.42 Å². The number of benzene rings is 1. The standard InChI is InChI=1S/C14H17N3O2/c1-4-11-8(2)16-17(9(11)3)13-7-10(15)5-6-12(13)14(18)19/h5-7H,4,15H2,1-3H3,(H,18,19). The number of nitrogens with two attached hydrogens (primary N) is 1.